The highest BCUT2D eigenvalue weighted by Crippen LogP contribution is 2.50. The second-order valence-corrected chi connectivity index (χ2v) is 7.93. The lowest BCUT2D eigenvalue weighted by Gasteiger charge is -2.13. The van der Waals surface area contributed by atoms with Crippen LogP contribution in [0.1, 0.15) is 38.0 Å². The molecule has 1 N–H and O–H groups in total. The van der Waals surface area contributed by atoms with Crippen LogP contribution in [0, 0.1) is 0 Å². The second-order valence-electron chi connectivity index (χ2n) is 5.81. The molecule has 122 valence electrons. The van der Waals surface area contributed by atoms with Gasteiger partial charge in [0, 0.05) is 9.75 Å². The number of amides is 1. The summed E-state index contributed by atoms with van der Waals surface area (Å²) in [4.78, 5) is 27.5. The van der Waals surface area contributed by atoms with Crippen molar-refractivity contribution in [1.29, 1.82) is 0 Å². The minimum atomic E-state index is -0.321. The Balaban J connectivity index is 1.40. The average Bonchev–Trinajstić information content (AvgIpc) is 3.08. The lowest BCUT2D eigenvalue weighted by atomic mass is 10.0. The van der Waals surface area contributed by atoms with E-state index in [0.717, 1.165) is 22.6 Å². The maximum absolute atomic E-state index is 12.5. The zero-order valence-corrected chi connectivity index (χ0v) is 14.4. The first-order chi connectivity index (χ1) is 11.7. The number of carbonyl (C=O) groups is 2. The molecule has 0 aromatic carbocycles. The number of furan rings is 1. The van der Waals surface area contributed by atoms with Crippen LogP contribution in [-0.2, 0) is 16.8 Å². The fourth-order valence-electron chi connectivity index (χ4n) is 2.72. The third-order valence-electron chi connectivity index (χ3n) is 4.23. The molecule has 0 spiro atoms. The molecule has 1 aliphatic carbocycles. The van der Waals surface area contributed by atoms with Crippen molar-refractivity contribution in [1.82, 2.24) is 5.32 Å². The molecule has 4 nitrogen and oxygen atoms in total. The standard InChI is InChI=1S/C18H15NO3S2/c20-16(13-3-1-9-22-13)14-6-5-12(24-14)11-19-17(21)18(7-8-18)15-4-2-10-23-15/h1-6,9-10H,7-8,11H2,(H,19,21). The molecular formula is C18H15NO3S2. The van der Waals surface area contributed by atoms with E-state index in [4.69, 9.17) is 4.42 Å². The van der Waals surface area contributed by atoms with E-state index >= 15 is 0 Å². The van der Waals surface area contributed by atoms with Gasteiger partial charge in [0.25, 0.3) is 0 Å². The molecule has 1 aliphatic rings. The predicted molar refractivity (Wildman–Crippen MR) is 93.5 cm³/mol. The van der Waals surface area contributed by atoms with Crippen LogP contribution >= 0.6 is 22.7 Å². The lowest BCUT2D eigenvalue weighted by molar-refractivity contribution is -0.123. The van der Waals surface area contributed by atoms with Crippen LogP contribution < -0.4 is 5.32 Å². The van der Waals surface area contributed by atoms with Crippen LogP contribution in [0.3, 0.4) is 0 Å². The smallest absolute Gasteiger partial charge is 0.238 e. The molecular weight excluding hydrogens is 342 g/mol. The Morgan fingerprint density at radius 3 is 2.71 bits per heavy atom. The molecule has 6 heteroatoms. The van der Waals surface area contributed by atoms with Gasteiger partial charge in [-0.15, -0.1) is 22.7 Å². The highest BCUT2D eigenvalue weighted by atomic mass is 32.1. The predicted octanol–water partition coefficient (Wildman–Crippen LogP) is 3.98. The first kappa shape index (κ1) is 15.4. The van der Waals surface area contributed by atoms with Gasteiger partial charge >= 0.3 is 0 Å². The molecule has 3 aromatic heterocycles. The van der Waals surface area contributed by atoms with Crippen LogP contribution in [0.4, 0.5) is 0 Å². The van der Waals surface area contributed by atoms with Gasteiger partial charge in [0.15, 0.2) is 5.76 Å². The Hall–Kier alpha value is -2.18. The van der Waals surface area contributed by atoms with Crippen molar-refractivity contribution in [3.63, 3.8) is 0 Å². The normalized spacial score (nSPS) is 15.2. The fourth-order valence-corrected chi connectivity index (χ4v) is 4.60. The summed E-state index contributed by atoms with van der Waals surface area (Å²) in [6, 6.07) is 11.0. The number of rotatable bonds is 6. The van der Waals surface area contributed by atoms with Gasteiger partial charge in [-0.2, -0.15) is 0 Å². The maximum atomic E-state index is 12.5. The average molecular weight is 357 g/mol. The summed E-state index contributed by atoms with van der Waals surface area (Å²) in [5.41, 5.74) is -0.321. The third-order valence-corrected chi connectivity index (χ3v) is 6.39. The highest BCUT2D eigenvalue weighted by Gasteiger charge is 2.51. The summed E-state index contributed by atoms with van der Waals surface area (Å²) in [5.74, 6) is 0.291. The Labute approximate surface area is 147 Å². The Morgan fingerprint density at radius 2 is 2.04 bits per heavy atom. The van der Waals surface area contributed by atoms with Crippen molar-refractivity contribution in [2.24, 2.45) is 0 Å². The quantitative estimate of drug-likeness (QED) is 0.679. The topological polar surface area (TPSA) is 59.3 Å². The Kier molecular flexibility index (Phi) is 3.86. The van der Waals surface area contributed by atoms with Crippen LogP contribution in [0.5, 0.6) is 0 Å². The van der Waals surface area contributed by atoms with Gasteiger partial charge in [-0.1, -0.05) is 6.07 Å². The highest BCUT2D eigenvalue weighted by molar-refractivity contribution is 7.14. The number of hydrogen-bond acceptors (Lipinski definition) is 5. The number of thiophene rings is 2. The van der Waals surface area contributed by atoms with Gasteiger partial charge in [0.2, 0.25) is 11.7 Å². The molecule has 0 atom stereocenters. The van der Waals surface area contributed by atoms with E-state index in [2.05, 4.69) is 5.32 Å². The molecule has 0 aliphatic heterocycles. The van der Waals surface area contributed by atoms with E-state index in [0.29, 0.717) is 17.2 Å². The van der Waals surface area contributed by atoms with Crippen molar-refractivity contribution >= 4 is 34.4 Å². The van der Waals surface area contributed by atoms with E-state index in [1.165, 1.54) is 17.6 Å². The van der Waals surface area contributed by atoms with Crippen LogP contribution in [-0.4, -0.2) is 11.7 Å². The third kappa shape index (κ3) is 2.72. The molecule has 1 fully saturated rings. The first-order valence-corrected chi connectivity index (χ1v) is 9.38. The van der Waals surface area contributed by atoms with E-state index in [1.54, 1.807) is 29.5 Å². The van der Waals surface area contributed by atoms with E-state index < -0.39 is 0 Å². The van der Waals surface area contributed by atoms with Crippen molar-refractivity contribution in [3.05, 3.63) is 68.4 Å². The van der Waals surface area contributed by atoms with E-state index in [1.807, 2.05) is 23.6 Å². The molecule has 0 saturated heterocycles. The number of carbonyl (C=O) groups excluding carboxylic acids is 2. The summed E-state index contributed by atoms with van der Waals surface area (Å²) >= 11 is 3.02. The summed E-state index contributed by atoms with van der Waals surface area (Å²) in [7, 11) is 0. The monoisotopic (exact) mass is 357 g/mol. The summed E-state index contributed by atoms with van der Waals surface area (Å²) in [5, 5.41) is 5.03. The van der Waals surface area contributed by atoms with Gasteiger partial charge in [0.05, 0.1) is 23.1 Å². The summed E-state index contributed by atoms with van der Waals surface area (Å²) in [6.07, 6.45) is 3.31. The van der Waals surface area contributed by atoms with Crippen LogP contribution in [0.2, 0.25) is 0 Å². The summed E-state index contributed by atoms with van der Waals surface area (Å²) in [6.45, 7) is 0.446. The fraction of sp³-hybridized carbons (Fsp3) is 0.222. The number of ketones is 1. The van der Waals surface area contributed by atoms with E-state index in [9.17, 15) is 9.59 Å². The molecule has 0 unspecified atom stereocenters. The molecule has 3 aromatic rings. The molecule has 1 amide bonds. The molecule has 24 heavy (non-hydrogen) atoms. The zero-order chi connectivity index (χ0) is 16.6. The molecule has 1 saturated carbocycles. The minimum absolute atomic E-state index is 0.0808. The van der Waals surface area contributed by atoms with Crippen LogP contribution in [0.15, 0.2) is 52.5 Å². The second kappa shape index (κ2) is 6.03. The maximum Gasteiger partial charge on any atom is 0.238 e. The van der Waals surface area contributed by atoms with E-state index in [-0.39, 0.29) is 17.1 Å². The largest absolute Gasteiger partial charge is 0.461 e. The Morgan fingerprint density at radius 1 is 1.17 bits per heavy atom. The van der Waals surface area contributed by atoms with Gasteiger partial charge in [-0.05, 0) is 48.6 Å². The Bertz CT molecular complexity index is 858. The number of nitrogens with one attached hydrogen (secondary N) is 1. The minimum Gasteiger partial charge on any atom is -0.461 e. The van der Waals surface area contributed by atoms with Crippen molar-refractivity contribution in [3.8, 4) is 0 Å². The van der Waals surface area contributed by atoms with Gasteiger partial charge in [0.1, 0.15) is 0 Å². The number of hydrogen-bond donors (Lipinski definition) is 1. The lowest BCUT2D eigenvalue weighted by Crippen LogP contribution is -2.33. The van der Waals surface area contributed by atoms with Gasteiger partial charge < -0.3 is 9.73 Å². The van der Waals surface area contributed by atoms with Crippen molar-refractivity contribution in [2.75, 3.05) is 0 Å². The SMILES string of the molecule is O=C(c1ccco1)c1ccc(CNC(=O)C2(c3cccs3)CC2)s1. The molecule has 3 heterocycles. The molecule has 4 rings (SSSR count). The van der Waals surface area contributed by atoms with Crippen LogP contribution in [0.25, 0.3) is 0 Å². The first-order valence-electron chi connectivity index (χ1n) is 7.68. The summed E-state index contributed by atoms with van der Waals surface area (Å²) < 4.78 is 5.14. The van der Waals surface area contributed by atoms with Gasteiger partial charge in [-0.3, -0.25) is 9.59 Å². The molecule has 0 radical (unpaired) electrons. The zero-order valence-electron chi connectivity index (χ0n) is 12.8. The van der Waals surface area contributed by atoms with Crippen molar-refractivity contribution < 1.29 is 14.0 Å². The van der Waals surface area contributed by atoms with Gasteiger partial charge in [-0.25, -0.2) is 0 Å². The molecule has 0 bridgehead atoms. The van der Waals surface area contributed by atoms with Crippen molar-refractivity contribution in [2.45, 2.75) is 24.8 Å².